The van der Waals surface area contributed by atoms with Crippen LogP contribution in [0.15, 0.2) is 24.4 Å². The fourth-order valence-corrected chi connectivity index (χ4v) is 3.08. The summed E-state index contributed by atoms with van der Waals surface area (Å²) in [6.07, 6.45) is 4.38. The lowest BCUT2D eigenvalue weighted by Crippen LogP contribution is -2.07. The van der Waals surface area contributed by atoms with Gasteiger partial charge in [0.1, 0.15) is 5.82 Å². The molecule has 0 aliphatic heterocycles. The van der Waals surface area contributed by atoms with E-state index in [2.05, 4.69) is 37.8 Å². The largest absolute Gasteiger partial charge is 0.272 e. The van der Waals surface area contributed by atoms with E-state index in [0.29, 0.717) is 5.92 Å². The predicted octanol–water partition coefficient (Wildman–Crippen LogP) is 3.00. The van der Waals surface area contributed by atoms with Gasteiger partial charge in [0.15, 0.2) is 11.6 Å². The Kier molecular flexibility index (Phi) is 4.97. The first-order valence-electron chi connectivity index (χ1n) is 8.81. The van der Waals surface area contributed by atoms with Crippen LogP contribution in [-0.4, -0.2) is 29.5 Å². The molecule has 132 valence electrons. The normalized spacial score (nSPS) is 11.4. The Labute approximate surface area is 148 Å². The van der Waals surface area contributed by atoms with Gasteiger partial charge in [0.05, 0.1) is 5.69 Å². The van der Waals surface area contributed by atoms with Gasteiger partial charge in [-0.3, -0.25) is 4.68 Å². The summed E-state index contributed by atoms with van der Waals surface area (Å²) < 4.78 is 3.83. The van der Waals surface area contributed by atoms with Crippen molar-refractivity contribution in [2.45, 2.75) is 47.0 Å². The second-order valence-electron chi connectivity index (χ2n) is 6.91. The molecule has 0 amide bonds. The van der Waals surface area contributed by atoms with Crippen LogP contribution in [0.2, 0.25) is 0 Å². The van der Waals surface area contributed by atoms with Crippen molar-refractivity contribution in [3.63, 3.8) is 0 Å². The molecule has 0 saturated heterocycles. The highest BCUT2D eigenvalue weighted by Gasteiger charge is 2.16. The highest BCUT2D eigenvalue weighted by molar-refractivity contribution is 5.26. The number of hydrogen-bond acceptors (Lipinski definition) is 4. The lowest BCUT2D eigenvalue weighted by molar-refractivity contribution is 0.618. The quantitative estimate of drug-likeness (QED) is 0.693. The van der Waals surface area contributed by atoms with Gasteiger partial charge in [-0.05, 0) is 43.9 Å². The van der Waals surface area contributed by atoms with E-state index in [-0.39, 0.29) is 0 Å². The van der Waals surface area contributed by atoms with E-state index in [1.54, 1.807) is 6.20 Å². The van der Waals surface area contributed by atoms with Gasteiger partial charge < -0.3 is 0 Å². The molecule has 3 aromatic heterocycles. The van der Waals surface area contributed by atoms with Crippen LogP contribution in [0.4, 0.5) is 0 Å². The van der Waals surface area contributed by atoms with Gasteiger partial charge in [0.25, 0.3) is 0 Å². The van der Waals surface area contributed by atoms with E-state index in [4.69, 9.17) is 10.1 Å². The van der Waals surface area contributed by atoms with Gasteiger partial charge in [0, 0.05) is 31.8 Å². The molecule has 3 rings (SSSR count). The number of hydrogen-bond donors (Lipinski definition) is 0. The monoisotopic (exact) mass is 338 g/mol. The van der Waals surface area contributed by atoms with E-state index in [1.807, 2.05) is 34.6 Å². The highest BCUT2D eigenvalue weighted by atomic mass is 15.4. The topological polar surface area (TPSA) is 61.4 Å². The van der Waals surface area contributed by atoms with Crippen molar-refractivity contribution in [3.05, 3.63) is 53.0 Å². The van der Waals surface area contributed by atoms with Crippen LogP contribution in [0.3, 0.4) is 0 Å². The van der Waals surface area contributed by atoms with Crippen molar-refractivity contribution >= 4 is 0 Å². The molecule has 25 heavy (non-hydrogen) atoms. The first kappa shape index (κ1) is 17.3. The van der Waals surface area contributed by atoms with E-state index >= 15 is 0 Å². The molecule has 6 nitrogen and oxygen atoms in total. The molecule has 3 heterocycles. The second kappa shape index (κ2) is 7.17. The maximum absolute atomic E-state index is 4.79. The first-order valence-corrected chi connectivity index (χ1v) is 8.81. The molecular formula is C19H26N6. The average Bonchev–Trinajstić information content (AvgIpc) is 3.07. The molecular weight excluding hydrogens is 312 g/mol. The standard InChI is InChI=1S/C19H26N6/c1-13(2)12-17-21-19(25(23-17)18-8-6-7-11-20-18)10-9-16-14(3)22-24(5)15(16)4/h6-8,11,13H,9-10,12H2,1-5H3. The number of nitrogens with zero attached hydrogens (tertiary/aromatic N) is 6. The number of rotatable bonds is 6. The molecule has 3 aromatic rings. The molecule has 0 bridgehead atoms. The minimum absolute atomic E-state index is 0.523. The maximum Gasteiger partial charge on any atom is 0.155 e. The molecule has 0 N–H and O–H groups in total. The molecule has 0 saturated carbocycles. The van der Waals surface area contributed by atoms with Crippen molar-refractivity contribution in [2.75, 3.05) is 0 Å². The first-order chi connectivity index (χ1) is 12.0. The Balaban J connectivity index is 1.90. The molecule has 0 radical (unpaired) electrons. The zero-order chi connectivity index (χ0) is 18.0. The van der Waals surface area contributed by atoms with E-state index < -0.39 is 0 Å². The molecule has 0 atom stereocenters. The van der Waals surface area contributed by atoms with Gasteiger partial charge in [-0.15, -0.1) is 5.10 Å². The summed E-state index contributed by atoms with van der Waals surface area (Å²) in [5.41, 5.74) is 3.60. The smallest absolute Gasteiger partial charge is 0.155 e. The zero-order valence-electron chi connectivity index (χ0n) is 15.7. The summed E-state index contributed by atoms with van der Waals surface area (Å²) in [7, 11) is 1.99. The van der Waals surface area contributed by atoms with Gasteiger partial charge >= 0.3 is 0 Å². The molecule has 0 aromatic carbocycles. The summed E-state index contributed by atoms with van der Waals surface area (Å²) in [5.74, 6) is 3.18. The molecule has 0 fully saturated rings. The Bertz CT molecular complexity index is 844. The van der Waals surface area contributed by atoms with Crippen molar-refractivity contribution in [1.29, 1.82) is 0 Å². The summed E-state index contributed by atoms with van der Waals surface area (Å²) in [4.78, 5) is 9.23. The number of aryl methyl sites for hydroxylation is 3. The lowest BCUT2D eigenvalue weighted by Gasteiger charge is -2.05. The summed E-state index contributed by atoms with van der Waals surface area (Å²) >= 11 is 0. The highest BCUT2D eigenvalue weighted by Crippen LogP contribution is 2.17. The molecule has 0 aliphatic rings. The fraction of sp³-hybridized carbons (Fsp3) is 0.474. The second-order valence-corrected chi connectivity index (χ2v) is 6.91. The van der Waals surface area contributed by atoms with Crippen LogP contribution in [0.25, 0.3) is 5.82 Å². The molecule has 0 unspecified atom stereocenters. The third-order valence-electron chi connectivity index (χ3n) is 4.43. The molecule has 0 aliphatic carbocycles. The third-order valence-corrected chi connectivity index (χ3v) is 4.43. The Morgan fingerprint density at radius 2 is 1.88 bits per heavy atom. The van der Waals surface area contributed by atoms with Gasteiger partial charge in [-0.2, -0.15) is 9.78 Å². The lowest BCUT2D eigenvalue weighted by atomic mass is 10.1. The van der Waals surface area contributed by atoms with E-state index in [1.165, 1.54) is 11.3 Å². The van der Waals surface area contributed by atoms with Crippen LogP contribution in [0, 0.1) is 19.8 Å². The third kappa shape index (κ3) is 3.78. The van der Waals surface area contributed by atoms with E-state index in [9.17, 15) is 0 Å². The van der Waals surface area contributed by atoms with Crippen molar-refractivity contribution in [1.82, 2.24) is 29.5 Å². The minimum Gasteiger partial charge on any atom is -0.272 e. The summed E-state index contributed by atoms with van der Waals surface area (Å²) in [6.45, 7) is 8.55. The Hall–Kier alpha value is -2.50. The number of pyridine rings is 1. The van der Waals surface area contributed by atoms with Crippen LogP contribution in [0.1, 0.15) is 42.4 Å². The SMILES string of the molecule is Cc1nn(C)c(C)c1CCc1nc(CC(C)C)nn1-c1ccccn1. The zero-order valence-corrected chi connectivity index (χ0v) is 15.7. The van der Waals surface area contributed by atoms with Gasteiger partial charge in [-0.25, -0.2) is 9.97 Å². The van der Waals surface area contributed by atoms with Crippen LogP contribution in [-0.2, 0) is 26.3 Å². The number of aromatic nitrogens is 6. The molecule has 0 spiro atoms. The predicted molar refractivity (Wildman–Crippen MR) is 97.8 cm³/mol. The maximum atomic E-state index is 4.79. The van der Waals surface area contributed by atoms with Gasteiger partial charge in [0.2, 0.25) is 0 Å². The minimum atomic E-state index is 0.523. The van der Waals surface area contributed by atoms with Crippen molar-refractivity contribution < 1.29 is 0 Å². The fourth-order valence-electron chi connectivity index (χ4n) is 3.08. The van der Waals surface area contributed by atoms with E-state index in [0.717, 1.165) is 42.4 Å². The van der Waals surface area contributed by atoms with Crippen LogP contribution in [0.5, 0.6) is 0 Å². The summed E-state index contributed by atoms with van der Waals surface area (Å²) in [5, 5.41) is 9.21. The van der Waals surface area contributed by atoms with Crippen molar-refractivity contribution in [2.24, 2.45) is 13.0 Å². The van der Waals surface area contributed by atoms with Crippen molar-refractivity contribution in [3.8, 4) is 5.82 Å². The molecule has 6 heteroatoms. The Morgan fingerprint density at radius 3 is 2.48 bits per heavy atom. The van der Waals surface area contributed by atoms with Gasteiger partial charge in [-0.1, -0.05) is 19.9 Å². The average molecular weight is 338 g/mol. The van der Waals surface area contributed by atoms with Crippen LogP contribution < -0.4 is 0 Å². The Morgan fingerprint density at radius 1 is 1.08 bits per heavy atom. The summed E-state index contributed by atoms with van der Waals surface area (Å²) in [6, 6.07) is 5.86. The van der Waals surface area contributed by atoms with Crippen LogP contribution >= 0.6 is 0 Å².